The highest BCUT2D eigenvalue weighted by Gasteiger charge is 2.74. The molecule has 45 heavy (non-hydrogen) atoms. The van der Waals surface area contributed by atoms with Crippen molar-refractivity contribution in [2.45, 2.75) is 49.5 Å². The number of allylic oxidation sites excluding steroid dienone is 1. The number of halogens is 1. The van der Waals surface area contributed by atoms with Gasteiger partial charge in [-0.15, -0.1) is 13.2 Å². The van der Waals surface area contributed by atoms with Gasteiger partial charge in [-0.2, -0.15) is 0 Å². The number of carbonyl (C=O) groups excluding carboxylic acids is 4. The van der Waals surface area contributed by atoms with Gasteiger partial charge in [-0.3, -0.25) is 19.2 Å². The monoisotopic (exact) mass is 635 g/mol. The van der Waals surface area contributed by atoms with Crippen molar-refractivity contribution in [1.82, 2.24) is 10.2 Å². The molecule has 0 saturated carbocycles. The number of aliphatic hydroxyl groups excluding tert-OH is 1. The second-order valence-electron chi connectivity index (χ2n) is 11.5. The number of ether oxygens (including phenoxy) is 2. The highest BCUT2D eigenvalue weighted by atomic mass is 35.5. The van der Waals surface area contributed by atoms with Crippen molar-refractivity contribution >= 4 is 41.0 Å². The molecule has 10 nitrogen and oxygen atoms in total. The quantitative estimate of drug-likeness (QED) is 0.240. The molecule has 6 atom stereocenters. The van der Waals surface area contributed by atoms with Crippen LogP contribution in [0.3, 0.4) is 0 Å². The van der Waals surface area contributed by atoms with Crippen LogP contribution in [0, 0.1) is 11.8 Å². The maximum atomic E-state index is 14.4. The number of likely N-dealkylation sites (tertiary alicyclic amines) is 1. The molecule has 2 aromatic rings. The molecular weight excluding hydrogens is 598 g/mol. The smallest absolute Gasteiger partial charge is 0.306 e. The summed E-state index contributed by atoms with van der Waals surface area (Å²) in [6, 6.07) is 14.3. The number of para-hydroxylation sites is 1. The molecule has 3 heterocycles. The molecule has 3 aliphatic rings. The molecule has 0 aromatic heterocycles. The minimum Gasteiger partial charge on any atom is -0.463 e. The molecule has 0 radical (unpaired) electrons. The fourth-order valence-corrected chi connectivity index (χ4v) is 7.22. The Bertz CT molecular complexity index is 1450. The lowest BCUT2D eigenvalue weighted by Crippen LogP contribution is -2.57. The van der Waals surface area contributed by atoms with E-state index in [1.807, 2.05) is 30.3 Å². The van der Waals surface area contributed by atoms with Crippen molar-refractivity contribution in [2.24, 2.45) is 11.8 Å². The standard InChI is InChI=1S/C34H38ClN3O7/c1-3-5-15-27(40)44-21-24(22-11-7-6-8-12-22)36-31(41)28-26-16-17-34(45-26)29(28)32(42)38(19-20-39)30(34)33(43)37(18-4-2)25-14-10-9-13-23(25)35/h3-4,6-14,24,26,28-30,39H,1-2,5,15-21H2,(H,36,41)/t24-,26-,28+,29+,30-,34+/m1/s1. The van der Waals surface area contributed by atoms with Crippen LogP contribution in [-0.2, 0) is 28.7 Å². The minimum atomic E-state index is -1.27. The van der Waals surface area contributed by atoms with Gasteiger partial charge in [-0.05, 0) is 37.0 Å². The molecule has 3 amide bonds. The predicted octanol–water partition coefficient (Wildman–Crippen LogP) is 3.59. The van der Waals surface area contributed by atoms with E-state index in [0.717, 1.165) is 5.56 Å². The zero-order valence-electron chi connectivity index (χ0n) is 25.0. The summed E-state index contributed by atoms with van der Waals surface area (Å²) in [5, 5.41) is 13.3. The highest BCUT2D eigenvalue weighted by Crippen LogP contribution is 2.58. The third kappa shape index (κ3) is 6.14. The number of β-amino-alcohol motifs (C(OH)–C–C–N with tert-alkyl or cyclic N) is 1. The Morgan fingerprint density at radius 3 is 2.58 bits per heavy atom. The number of amides is 3. The van der Waals surface area contributed by atoms with E-state index >= 15 is 0 Å². The van der Waals surface area contributed by atoms with Gasteiger partial charge < -0.3 is 29.7 Å². The van der Waals surface area contributed by atoms with Gasteiger partial charge in [0.25, 0.3) is 5.91 Å². The average molecular weight is 636 g/mol. The maximum absolute atomic E-state index is 14.4. The molecule has 1 spiro atoms. The molecular formula is C34H38ClN3O7. The van der Waals surface area contributed by atoms with Gasteiger partial charge in [-0.1, -0.05) is 66.2 Å². The van der Waals surface area contributed by atoms with Crippen LogP contribution in [-0.4, -0.2) is 77.7 Å². The van der Waals surface area contributed by atoms with Crippen molar-refractivity contribution in [2.75, 3.05) is 31.2 Å². The highest BCUT2D eigenvalue weighted by molar-refractivity contribution is 6.34. The molecule has 3 saturated heterocycles. The Kier molecular flexibility index (Phi) is 10.1. The summed E-state index contributed by atoms with van der Waals surface area (Å²) in [5.41, 5.74) is -0.0834. The van der Waals surface area contributed by atoms with Crippen LogP contribution in [0.4, 0.5) is 5.69 Å². The van der Waals surface area contributed by atoms with E-state index in [9.17, 15) is 24.3 Å². The Labute approximate surface area is 267 Å². The van der Waals surface area contributed by atoms with E-state index in [1.54, 1.807) is 36.4 Å². The van der Waals surface area contributed by atoms with Crippen molar-refractivity contribution < 1.29 is 33.8 Å². The number of esters is 1. The topological polar surface area (TPSA) is 125 Å². The van der Waals surface area contributed by atoms with E-state index < -0.39 is 59.3 Å². The number of fused-ring (bicyclic) bond motifs is 1. The largest absolute Gasteiger partial charge is 0.463 e. The number of anilines is 1. The van der Waals surface area contributed by atoms with E-state index in [2.05, 4.69) is 18.5 Å². The number of rotatable bonds is 14. The van der Waals surface area contributed by atoms with E-state index in [-0.39, 0.29) is 32.7 Å². The first kappa shape index (κ1) is 32.4. The van der Waals surface area contributed by atoms with Gasteiger partial charge in [-0.25, -0.2) is 0 Å². The van der Waals surface area contributed by atoms with Gasteiger partial charge in [0.05, 0.1) is 41.3 Å². The summed E-state index contributed by atoms with van der Waals surface area (Å²) in [6.07, 6.45) is 4.11. The normalized spacial score (nSPS) is 25.4. The Morgan fingerprint density at radius 1 is 1.16 bits per heavy atom. The van der Waals surface area contributed by atoms with Crippen molar-refractivity contribution in [1.29, 1.82) is 0 Å². The Morgan fingerprint density at radius 2 is 1.89 bits per heavy atom. The molecule has 2 aromatic carbocycles. The summed E-state index contributed by atoms with van der Waals surface area (Å²) in [4.78, 5) is 57.7. The second kappa shape index (κ2) is 14.0. The number of nitrogens with one attached hydrogen (secondary N) is 1. The molecule has 11 heteroatoms. The summed E-state index contributed by atoms with van der Waals surface area (Å²) in [5.74, 6) is -3.53. The molecule has 5 rings (SSSR count). The SMILES string of the molecule is C=CCCC(=O)OC[C@@H](NC(=O)[C@@H]1[C@H]2C(=O)N(CCO)[C@H](C(=O)N(CC=C)c3ccccc3Cl)[C@]23CC[C@H]1O3)c1ccccc1. The van der Waals surface area contributed by atoms with Crippen molar-refractivity contribution in [3.8, 4) is 0 Å². The lowest BCUT2D eigenvalue weighted by Gasteiger charge is -2.36. The summed E-state index contributed by atoms with van der Waals surface area (Å²) >= 11 is 6.49. The Balaban J connectivity index is 1.44. The number of hydrogen-bond acceptors (Lipinski definition) is 7. The zero-order valence-corrected chi connectivity index (χ0v) is 25.7. The molecule has 0 unspecified atom stereocenters. The van der Waals surface area contributed by atoms with Crippen molar-refractivity contribution in [3.63, 3.8) is 0 Å². The number of nitrogens with zero attached hydrogens (tertiary/aromatic N) is 2. The summed E-state index contributed by atoms with van der Waals surface area (Å²) < 4.78 is 12.0. The third-order valence-corrected chi connectivity index (χ3v) is 9.20. The van der Waals surface area contributed by atoms with E-state index in [4.69, 9.17) is 21.1 Å². The predicted molar refractivity (Wildman–Crippen MR) is 168 cm³/mol. The number of carbonyl (C=O) groups is 4. The first-order valence-corrected chi connectivity index (χ1v) is 15.5. The van der Waals surface area contributed by atoms with Gasteiger partial charge in [0.15, 0.2) is 0 Å². The number of hydrogen-bond donors (Lipinski definition) is 2. The van der Waals surface area contributed by atoms with Crippen LogP contribution in [0.25, 0.3) is 0 Å². The van der Waals surface area contributed by atoms with Crippen LogP contribution >= 0.6 is 11.6 Å². The van der Waals surface area contributed by atoms with Crippen LogP contribution in [0.1, 0.15) is 37.3 Å². The van der Waals surface area contributed by atoms with Gasteiger partial charge in [0, 0.05) is 19.5 Å². The molecule has 3 fully saturated rings. The average Bonchev–Trinajstić information content (AvgIpc) is 3.69. The molecule has 0 aliphatic carbocycles. The Hall–Kier alpha value is -3.99. The minimum absolute atomic E-state index is 0.0974. The maximum Gasteiger partial charge on any atom is 0.306 e. The first-order valence-electron chi connectivity index (χ1n) is 15.1. The molecule has 238 valence electrons. The summed E-state index contributed by atoms with van der Waals surface area (Å²) in [6.45, 7) is 6.97. The van der Waals surface area contributed by atoms with Crippen molar-refractivity contribution in [3.05, 3.63) is 90.5 Å². The van der Waals surface area contributed by atoms with Gasteiger partial charge in [0.2, 0.25) is 11.8 Å². The van der Waals surface area contributed by atoms with Gasteiger partial charge in [0.1, 0.15) is 18.2 Å². The number of benzene rings is 2. The van der Waals surface area contributed by atoms with Crippen LogP contribution in [0.2, 0.25) is 5.02 Å². The fourth-order valence-electron chi connectivity index (χ4n) is 6.98. The molecule has 2 N–H and O–H groups in total. The van der Waals surface area contributed by atoms with Crippen LogP contribution in [0.15, 0.2) is 79.9 Å². The van der Waals surface area contributed by atoms with Gasteiger partial charge >= 0.3 is 5.97 Å². The number of aliphatic hydroxyl groups is 1. The first-order chi connectivity index (χ1) is 21.8. The van der Waals surface area contributed by atoms with E-state index in [1.165, 1.54) is 9.80 Å². The third-order valence-electron chi connectivity index (χ3n) is 8.88. The lowest BCUT2D eigenvalue weighted by atomic mass is 9.70. The summed E-state index contributed by atoms with van der Waals surface area (Å²) in [7, 11) is 0. The molecule has 2 bridgehead atoms. The van der Waals surface area contributed by atoms with Crippen LogP contribution in [0.5, 0.6) is 0 Å². The second-order valence-corrected chi connectivity index (χ2v) is 11.9. The fraction of sp³-hybridized carbons (Fsp3) is 0.412. The van der Waals surface area contributed by atoms with Crippen LogP contribution < -0.4 is 10.2 Å². The molecule has 3 aliphatic heterocycles. The zero-order chi connectivity index (χ0) is 32.1. The lowest BCUT2D eigenvalue weighted by molar-refractivity contribution is -0.146. The van der Waals surface area contributed by atoms with E-state index in [0.29, 0.717) is 30.0 Å².